The van der Waals surface area contributed by atoms with Crippen LogP contribution >= 0.6 is 8.20 Å². The standard InChI is InChI=1S/C33H41O2P/c1-31(2,3)23-20-26(32(4,5)6)29(27(21-23)33(7,8)9)36-28(22-16-12-11-13-17-22)24-18-14-15-19-25(24)30(34)35-10/h11-21H,1-10H3. The van der Waals surface area contributed by atoms with E-state index in [4.69, 9.17) is 4.74 Å². The van der Waals surface area contributed by atoms with Gasteiger partial charge in [0.25, 0.3) is 0 Å². The summed E-state index contributed by atoms with van der Waals surface area (Å²) in [7, 11) is 2.52. The quantitative estimate of drug-likeness (QED) is 0.267. The van der Waals surface area contributed by atoms with Gasteiger partial charge in [-0.1, -0.05) is 131 Å². The van der Waals surface area contributed by atoms with Gasteiger partial charge in [-0.25, -0.2) is 4.79 Å². The summed E-state index contributed by atoms with van der Waals surface area (Å²) >= 11 is 0. The maximum Gasteiger partial charge on any atom is 0.338 e. The Kier molecular flexibility index (Phi) is 8.01. The Labute approximate surface area is 219 Å². The molecule has 190 valence electrons. The van der Waals surface area contributed by atoms with Crippen LogP contribution in [0, 0.1) is 0 Å². The van der Waals surface area contributed by atoms with Crippen molar-refractivity contribution in [2.24, 2.45) is 0 Å². The van der Waals surface area contributed by atoms with Gasteiger partial charge in [-0.15, -0.1) is 0 Å². The monoisotopic (exact) mass is 500 g/mol. The Hall–Kier alpha value is -2.70. The van der Waals surface area contributed by atoms with Crippen LogP contribution in [0.1, 0.15) is 100 Å². The van der Waals surface area contributed by atoms with Crippen LogP contribution in [0.3, 0.4) is 0 Å². The number of ether oxygens (including phenoxy) is 1. The average molecular weight is 501 g/mol. The minimum absolute atomic E-state index is 0.0406. The largest absolute Gasteiger partial charge is 0.465 e. The maximum absolute atomic E-state index is 12.8. The number of carbonyl (C=O) groups excluding carboxylic acids is 1. The molecule has 3 aromatic rings. The van der Waals surface area contributed by atoms with Crippen molar-refractivity contribution < 1.29 is 9.53 Å². The summed E-state index contributed by atoms with van der Waals surface area (Å²) in [5, 5.41) is 2.43. The van der Waals surface area contributed by atoms with Crippen molar-refractivity contribution in [1.29, 1.82) is 0 Å². The first-order valence-corrected chi connectivity index (χ1v) is 13.6. The van der Waals surface area contributed by atoms with Crippen LogP contribution in [0.5, 0.6) is 0 Å². The molecule has 0 heterocycles. The Bertz CT molecular complexity index is 1230. The van der Waals surface area contributed by atoms with E-state index in [1.165, 1.54) is 29.1 Å². The van der Waals surface area contributed by atoms with E-state index in [2.05, 4.69) is 98.7 Å². The van der Waals surface area contributed by atoms with E-state index in [-0.39, 0.29) is 22.2 Å². The van der Waals surface area contributed by atoms with E-state index >= 15 is 0 Å². The molecule has 0 saturated heterocycles. The second kappa shape index (κ2) is 10.3. The smallest absolute Gasteiger partial charge is 0.338 e. The zero-order chi connectivity index (χ0) is 26.9. The second-order valence-electron chi connectivity index (χ2n) is 12.5. The molecule has 0 fully saturated rings. The third-order valence-electron chi connectivity index (χ3n) is 6.45. The van der Waals surface area contributed by atoms with Crippen molar-refractivity contribution in [1.82, 2.24) is 0 Å². The van der Waals surface area contributed by atoms with E-state index < -0.39 is 0 Å². The first kappa shape index (κ1) is 27.9. The highest BCUT2D eigenvalue weighted by Crippen LogP contribution is 2.36. The van der Waals surface area contributed by atoms with Gasteiger partial charge in [0.05, 0.1) is 12.7 Å². The number of benzene rings is 3. The summed E-state index contributed by atoms with van der Waals surface area (Å²) in [6.07, 6.45) is 0. The van der Waals surface area contributed by atoms with Gasteiger partial charge in [-0.05, 0) is 44.6 Å². The molecule has 3 heteroatoms. The van der Waals surface area contributed by atoms with Gasteiger partial charge in [0.1, 0.15) is 0 Å². The lowest BCUT2D eigenvalue weighted by Gasteiger charge is -2.33. The molecule has 0 N–H and O–H groups in total. The van der Waals surface area contributed by atoms with Crippen molar-refractivity contribution in [3.8, 4) is 0 Å². The van der Waals surface area contributed by atoms with E-state index in [0.29, 0.717) is 5.56 Å². The molecule has 0 atom stereocenters. The number of methoxy groups -OCH3 is 1. The highest BCUT2D eigenvalue weighted by molar-refractivity contribution is 7.50. The molecular weight excluding hydrogens is 459 g/mol. The van der Waals surface area contributed by atoms with Gasteiger partial charge in [0, 0.05) is 16.2 Å². The lowest BCUT2D eigenvalue weighted by Crippen LogP contribution is -2.30. The molecule has 0 unspecified atom stereocenters. The molecule has 0 aliphatic heterocycles. The summed E-state index contributed by atoms with van der Waals surface area (Å²) in [5.41, 5.74) is 6.61. The van der Waals surface area contributed by atoms with Crippen molar-refractivity contribution in [2.75, 3.05) is 7.11 Å². The molecule has 3 aromatic carbocycles. The van der Waals surface area contributed by atoms with Crippen molar-refractivity contribution >= 4 is 24.8 Å². The molecule has 0 aliphatic rings. The van der Waals surface area contributed by atoms with Crippen molar-refractivity contribution in [3.63, 3.8) is 0 Å². The van der Waals surface area contributed by atoms with Crippen LogP contribution in [-0.4, -0.2) is 18.4 Å². The van der Waals surface area contributed by atoms with Crippen LogP contribution in [-0.2, 0) is 21.0 Å². The van der Waals surface area contributed by atoms with Crippen LogP contribution in [0.2, 0.25) is 0 Å². The first-order chi connectivity index (χ1) is 16.6. The first-order valence-electron chi connectivity index (χ1n) is 12.7. The number of hydrogen-bond acceptors (Lipinski definition) is 2. The summed E-state index contributed by atoms with van der Waals surface area (Å²) in [4.78, 5) is 12.8. The number of hydrogen-bond donors (Lipinski definition) is 0. The lowest BCUT2D eigenvalue weighted by atomic mass is 9.75. The molecule has 0 spiro atoms. The topological polar surface area (TPSA) is 26.3 Å². The fraction of sp³-hybridized carbons (Fsp3) is 0.394. The Balaban J connectivity index is 2.51. The molecule has 0 bridgehead atoms. The van der Waals surface area contributed by atoms with Crippen LogP contribution in [0.4, 0.5) is 0 Å². The van der Waals surface area contributed by atoms with Crippen LogP contribution in [0.25, 0.3) is 0 Å². The Morgan fingerprint density at radius 3 is 1.58 bits per heavy atom. The van der Waals surface area contributed by atoms with Gasteiger partial charge in [0.15, 0.2) is 0 Å². The maximum atomic E-state index is 12.8. The molecule has 0 saturated carbocycles. The summed E-state index contributed by atoms with van der Waals surface area (Å²) < 4.78 is 5.17. The number of rotatable bonds is 4. The van der Waals surface area contributed by atoms with E-state index in [9.17, 15) is 4.79 Å². The van der Waals surface area contributed by atoms with Crippen LogP contribution < -0.4 is 5.30 Å². The van der Waals surface area contributed by atoms with Gasteiger partial charge >= 0.3 is 5.97 Å². The van der Waals surface area contributed by atoms with Gasteiger partial charge in [0.2, 0.25) is 0 Å². The summed E-state index contributed by atoms with van der Waals surface area (Å²) in [5.74, 6) is -0.315. The molecule has 2 nitrogen and oxygen atoms in total. The third-order valence-corrected chi connectivity index (χ3v) is 7.88. The van der Waals surface area contributed by atoms with Gasteiger partial charge in [-0.2, -0.15) is 0 Å². The highest BCUT2D eigenvalue weighted by atomic mass is 31.1. The molecular formula is C33H41O2P. The molecule has 0 amide bonds. The second-order valence-corrected chi connectivity index (χ2v) is 13.7. The zero-order valence-electron chi connectivity index (χ0n) is 23.6. The molecule has 0 aromatic heterocycles. The Morgan fingerprint density at radius 1 is 0.667 bits per heavy atom. The summed E-state index contributed by atoms with van der Waals surface area (Å²) in [6, 6.07) is 23.0. The van der Waals surface area contributed by atoms with Gasteiger partial charge in [-0.3, -0.25) is 0 Å². The molecule has 0 aliphatic carbocycles. The molecule has 0 radical (unpaired) electrons. The van der Waals surface area contributed by atoms with Crippen molar-refractivity contribution in [2.45, 2.75) is 78.6 Å². The average Bonchev–Trinajstić information content (AvgIpc) is 2.80. The predicted molar refractivity (Wildman–Crippen MR) is 157 cm³/mol. The van der Waals surface area contributed by atoms with E-state index in [1.807, 2.05) is 30.3 Å². The minimum Gasteiger partial charge on any atom is -0.465 e. The fourth-order valence-electron chi connectivity index (χ4n) is 4.30. The van der Waals surface area contributed by atoms with E-state index in [0.717, 1.165) is 24.6 Å². The molecule has 3 rings (SSSR count). The zero-order valence-corrected chi connectivity index (χ0v) is 24.5. The van der Waals surface area contributed by atoms with Gasteiger partial charge < -0.3 is 4.74 Å². The molecule has 36 heavy (non-hydrogen) atoms. The van der Waals surface area contributed by atoms with E-state index in [1.54, 1.807) is 0 Å². The van der Waals surface area contributed by atoms with Crippen LogP contribution in [0.15, 0.2) is 66.7 Å². The van der Waals surface area contributed by atoms with Crippen molar-refractivity contribution in [3.05, 3.63) is 100 Å². The summed E-state index contributed by atoms with van der Waals surface area (Å²) in [6.45, 7) is 20.6. The Morgan fingerprint density at radius 2 is 1.14 bits per heavy atom. The normalized spacial score (nSPS) is 13.0. The fourth-order valence-corrected chi connectivity index (χ4v) is 6.16. The minimum atomic E-state index is -0.315. The third kappa shape index (κ3) is 6.16. The SMILES string of the molecule is COC(=O)c1ccccc1C(=Pc1c(C(C)(C)C)cc(C(C)(C)C)cc1C(C)(C)C)c1ccccc1. The lowest BCUT2D eigenvalue weighted by molar-refractivity contribution is 0.0600. The predicted octanol–water partition coefficient (Wildman–Crippen LogP) is 8.21. The highest BCUT2D eigenvalue weighted by Gasteiger charge is 2.29. The number of carbonyl (C=O) groups is 1. The number of esters is 1.